The van der Waals surface area contributed by atoms with Gasteiger partial charge in [0.25, 0.3) is 0 Å². The van der Waals surface area contributed by atoms with Crippen LogP contribution in [0, 0.1) is 17.6 Å². The monoisotopic (exact) mass is 341 g/mol. The van der Waals surface area contributed by atoms with Gasteiger partial charge < -0.3 is 9.72 Å². The van der Waals surface area contributed by atoms with Gasteiger partial charge in [0.2, 0.25) is 5.91 Å². The first-order valence-corrected chi connectivity index (χ1v) is 8.27. The fraction of sp³-hybridized carbons (Fsp3) is 0.263. The maximum Gasteiger partial charge on any atom is 0.223 e. The van der Waals surface area contributed by atoms with Gasteiger partial charge in [0, 0.05) is 31.3 Å². The lowest BCUT2D eigenvalue weighted by Gasteiger charge is -2.05. The summed E-state index contributed by atoms with van der Waals surface area (Å²) in [4.78, 5) is 16.7. The molecule has 2 heterocycles. The van der Waals surface area contributed by atoms with Crippen molar-refractivity contribution in [3.8, 4) is 0 Å². The molecule has 1 aromatic carbocycles. The molecule has 1 amide bonds. The van der Waals surface area contributed by atoms with Gasteiger partial charge in [-0.3, -0.25) is 4.79 Å². The highest BCUT2D eigenvalue weighted by Gasteiger charge is 2.45. The van der Waals surface area contributed by atoms with Crippen molar-refractivity contribution in [1.29, 1.82) is 0 Å². The molecule has 4 rings (SSSR count). The normalized spacial score (nSPS) is 19.1. The minimum absolute atomic E-state index is 0.113. The standard InChI is InChI=1S/C19H17F2N3O/c20-16-5-3-4-13(18(16)21)14-10-15(14)19(25)22-8-7-12-11-24-9-2-1-6-17(24)23-12/h1-6,9,11,14-15H,7-8,10H2,(H,22,25)/t14-,15+/m0/s1. The van der Waals surface area contributed by atoms with E-state index in [-0.39, 0.29) is 17.7 Å². The Labute approximate surface area is 143 Å². The molecule has 1 N–H and O–H groups in total. The van der Waals surface area contributed by atoms with Crippen molar-refractivity contribution < 1.29 is 13.6 Å². The SMILES string of the molecule is O=C(NCCc1cn2ccccc2n1)[C@@H]1C[C@H]1c1cccc(F)c1F. The van der Waals surface area contributed by atoms with Crippen LogP contribution in [0.4, 0.5) is 8.78 Å². The number of carbonyl (C=O) groups is 1. The lowest BCUT2D eigenvalue weighted by molar-refractivity contribution is -0.122. The number of rotatable bonds is 5. The predicted molar refractivity (Wildman–Crippen MR) is 89.1 cm³/mol. The molecule has 4 nitrogen and oxygen atoms in total. The number of hydrogen-bond acceptors (Lipinski definition) is 2. The van der Waals surface area contributed by atoms with E-state index < -0.39 is 11.6 Å². The van der Waals surface area contributed by atoms with Crippen LogP contribution in [0.2, 0.25) is 0 Å². The van der Waals surface area contributed by atoms with E-state index >= 15 is 0 Å². The Balaban J connectivity index is 1.32. The first-order chi connectivity index (χ1) is 12.1. The number of pyridine rings is 1. The number of carbonyl (C=O) groups excluding carboxylic acids is 1. The summed E-state index contributed by atoms with van der Waals surface area (Å²) in [6.45, 7) is 0.470. The van der Waals surface area contributed by atoms with Crippen molar-refractivity contribution in [2.45, 2.75) is 18.8 Å². The molecule has 128 valence electrons. The molecule has 25 heavy (non-hydrogen) atoms. The molecular formula is C19H17F2N3O. The van der Waals surface area contributed by atoms with Crippen molar-refractivity contribution in [3.05, 3.63) is 71.7 Å². The van der Waals surface area contributed by atoms with Gasteiger partial charge in [-0.25, -0.2) is 13.8 Å². The van der Waals surface area contributed by atoms with Crippen LogP contribution in [-0.4, -0.2) is 21.8 Å². The Kier molecular flexibility index (Phi) is 3.95. The third-order valence-electron chi connectivity index (χ3n) is 4.60. The Morgan fingerprint density at radius 3 is 2.96 bits per heavy atom. The van der Waals surface area contributed by atoms with Crippen LogP contribution >= 0.6 is 0 Å². The van der Waals surface area contributed by atoms with Crippen molar-refractivity contribution in [2.75, 3.05) is 6.54 Å². The average molecular weight is 341 g/mol. The molecule has 0 unspecified atom stereocenters. The molecule has 1 saturated carbocycles. The van der Waals surface area contributed by atoms with Crippen LogP contribution in [0.1, 0.15) is 23.6 Å². The molecular weight excluding hydrogens is 324 g/mol. The summed E-state index contributed by atoms with van der Waals surface area (Å²) < 4.78 is 29.0. The highest BCUT2D eigenvalue weighted by molar-refractivity contribution is 5.82. The number of amides is 1. The number of hydrogen-bond donors (Lipinski definition) is 1. The van der Waals surface area contributed by atoms with Crippen molar-refractivity contribution in [3.63, 3.8) is 0 Å². The van der Waals surface area contributed by atoms with Gasteiger partial charge in [0.15, 0.2) is 11.6 Å². The maximum absolute atomic E-state index is 13.8. The topological polar surface area (TPSA) is 46.4 Å². The molecule has 2 atom stereocenters. The molecule has 0 saturated heterocycles. The summed E-state index contributed by atoms with van der Waals surface area (Å²) in [5.74, 6) is -2.33. The van der Waals surface area contributed by atoms with Crippen LogP contribution in [0.25, 0.3) is 5.65 Å². The number of fused-ring (bicyclic) bond motifs is 1. The van der Waals surface area contributed by atoms with Crippen LogP contribution in [0.3, 0.4) is 0 Å². The summed E-state index contributed by atoms with van der Waals surface area (Å²) in [6.07, 6.45) is 5.04. The lowest BCUT2D eigenvalue weighted by atomic mass is 10.1. The van der Waals surface area contributed by atoms with E-state index in [4.69, 9.17) is 0 Å². The number of halogens is 2. The number of benzene rings is 1. The number of imidazole rings is 1. The highest BCUT2D eigenvalue weighted by atomic mass is 19.2. The first kappa shape index (κ1) is 15.7. The molecule has 3 aromatic rings. The van der Waals surface area contributed by atoms with Gasteiger partial charge >= 0.3 is 0 Å². The smallest absolute Gasteiger partial charge is 0.223 e. The van der Waals surface area contributed by atoms with Gasteiger partial charge in [-0.05, 0) is 36.1 Å². The minimum atomic E-state index is -0.865. The second kappa shape index (κ2) is 6.27. The first-order valence-electron chi connectivity index (χ1n) is 8.27. The Hall–Kier alpha value is -2.76. The zero-order valence-electron chi connectivity index (χ0n) is 13.5. The third-order valence-corrected chi connectivity index (χ3v) is 4.60. The lowest BCUT2D eigenvalue weighted by Crippen LogP contribution is -2.27. The molecule has 0 aliphatic heterocycles. The molecule has 1 aliphatic rings. The van der Waals surface area contributed by atoms with Gasteiger partial charge in [0.1, 0.15) is 5.65 Å². The number of aromatic nitrogens is 2. The van der Waals surface area contributed by atoms with Crippen LogP contribution in [-0.2, 0) is 11.2 Å². The predicted octanol–water partition coefficient (Wildman–Crippen LogP) is 3.07. The van der Waals surface area contributed by atoms with Crippen LogP contribution in [0.15, 0.2) is 48.8 Å². The van der Waals surface area contributed by atoms with Gasteiger partial charge in [-0.15, -0.1) is 0 Å². The van der Waals surface area contributed by atoms with E-state index in [0.717, 1.165) is 17.4 Å². The summed E-state index contributed by atoms with van der Waals surface area (Å²) in [6, 6.07) is 9.89. The van der Waals surface area contributed by atoms with E-state index in [1.807, 2.05) is 35.0 Å². The van der Waals surface area contributed by atoms with Gasteiger partial charge in [-0.2, -0.15) is 0 Å². The van der Waals surface area contributed by atoms with Crippen molar-refractivity contribution in [1.82, 2.24) is 14.7 Å². The molecule has 0 spiro atoms. The molecule has 1 aliphatic carbocycles. The number of nitrogens with one attached hydrogen (secondary N) is 1. The molecule has 6 heteroatoms. The second-order valence-corrected chi connectivity index (χ2v) is 6.33. The summed E-state index contributed by atoms with van der Waals surface area (Å²) in [5, 5.41) is 2.87. The Morgan fingerprint density at radius 2 is 2.12 bits per heavy atom. The Bertz CT molecular complexity index is 904. The Morgan fingerprint density at radius 1 is 1.24 bits per heavy atom. The van der Waals surface area contributed by atoms with Crippen LogP contribution in [0.5, 0.6) is 0 Å². The van der Waals surface area contributed by atoms with Crippen LogP contribution < -0.4 is 5.32 Å². The minimum Gasteiger partial charge on any atom is -0.355 e. The summed E-state index contributed by atoms with van der Waals surface area (Å²) in [5.41, 5.74) is 2.06. The van der Waals surface area contributed by atoms with E-state index in [1.54, 1.807) is 6.07 Å². The maximum atomic E-state index is 13.8. The van der Waals surface area contributed by atoms with E-state index in [2.05, 4.69) is 10.3 Å². The molecule has 0 bridgehead atoms. The van der Waals surface area contributed by atoms with Gasteiger partial charge in [-0.1, -0.05) is 18.2 Å². The van der Waals surface area contributed by atoms with Gasteiger partial charge in [0.05, 0.1) is 5.69 Å². The third kappa shape index (κ3) is 3.12. The molecule has 0 radical (unpaired) electrons. The summed E-state index contributed by atoms with van der Waals surface area (Å²) >= 11 is 0. The van der Waals surface area contributed by atoms with Crippen molar-refractivity contribution in [2.24, 2.45) is 5.92 Å². The fourth-order valence-corrected chi connectivity index (χ4v) is 3.19. The second-order valence-electron chi connectivity index (χ2n) is 6.33. The van der Waals surface area contributed by atoms with E-state index in [1.165, 1.54) is 6.07 Å². The zero-order valence-corrected chi connectivity index (χ0v) is 13.5. The average Bonchev–Trinajstić information content (AvgIpc) is 3.29. The fourth-order valence-electron chi connectivity index (χ4n) is 3.19. The molecule has 1 fully saturated rings. The molecule has 2 aromatic heterocycles. The largest absolute Gasteiger partial charge is 0.355 e. The quantitative estimate of drug-likeness (QED) is 0.775. The van der Waals surface area contributed by atoms with E-state index in [9.17, 15) is 13.6 Å². The van der Waals surface area contributed by atoms with Crippen molar-refractivity contribution >= 4 is 11.6 Å². The summed E-state index contributed by atoms with van der Waals surface area (Å²) in [7, 11) is 0. The highest BCUT2D eigenvalue weighted by Crippen LogP contribution is 2.48. The van der Waals surface area contributed by atoms with E-state index in [0.29, 0.717) is 24.9 Å². The zero-order chi connectivity index (χ0) is 17.4. The number of nitrogens with zero attached hydrogens (tertiary/aromatic N) is 2.